The van der Waals surface area contributed by atoms with Crippen LogP contribution in [0.15, 0.2) is 5.16 Å². The number of hydrogen-bond acceptors (Lipinski definition) is 5. The van der Waals surface area contributed by atoms with Crippen LogP contribution in [0.25, 0.3) is 0 Å². The first-order valence-electron chi connectivity index (χ1n) is 5.65. The summed E-state index contributed by atoms with van der Waals surface area (Å²) in [6, 6.07) is 0. The Balaban J connectivity index is 2.89. The molecule has 1 aromatic heterocycles. The highest BCUT2D eigenvalue weighted by Crippen LogP contribution is 2.24. The van der Waals surface area contributed by atoms with Crippen LogP contribution in [0.4, 0.5) is 0 Å². The van der Waals surface area contributed by atoms with Crippen LogP contribution in [0, 0.1) is 0 Å². The lowest BCUT2D eigenvalue weighted by Gasteiger charge is -2.11. The quantitative estimate of drug-likeness (QED) is 0.711. The van der Waals surface area contributed by atoms with Crippen molar-refractivity contribution >= 4 is 17.7 Å². The Kier molecular flexibility index (Phi) is 5.43. The zero-order chi connectivity index (χ0) is 12.8. The molecule has 96 valence electrons. The monoisotopic (exact) mass is 258 g/mol. The standard InChI is InChI=1S/C10H18N4O2S/c1-3-5-14-8(6-11)12-13-10(14)17-7(4-2)9(15)16/h7H,3-6,11H2,1-2H3,(H,15,16). The minimum atomic E-state index is -0.821. The summed E-state index contributed by atoms with van der Waals surface area (Å²) in [7, 11) is 0. The van der Waals surface area contributed by atoms with Gasteiger partial charge in [-0.2, -0.15) is 0 Å². The molecule has 0 spiro atoms. The molecule has 1 aromatic rings. The van der Waals surface area contributed by atoms with Crippen molar-refractivity contribution < 1.29 is 9.90 Å². The molecule has 0 radical (unpaired) electrons. The summed E-state index contributed by atoms with van der Waals surface area (Å²) < 4.78 is 1.90. The van der Waals surface area contributed by atoms with E-state index in [2.05, 4.69) is 10.2 Å². The highest BCUT2D eigenvalue weighted by Gasteiger charge is 2.21. The number of carbonyl (C=O) groups is 1. The number of thioether (sulfide) groups is 1. The average molecular weight is 258 g/mol. The molecule has 0 aliphatic rings. The molecule has 0 aromatic carbocycles. The van der Waals surface area contributed by atoms with E-state index in [1.54, 1.807) is 0 Å². The van der Waals surface area contributed by atoms with Gasteiger partial charge in [0.1, 0.15) is 11.1 Å². The Hall–Kier alpha value is -1.08. The van der Waals surface area contributed by atoms with Crippen LogP contribution in [0.2, 0.25) is 0 Å². The second-order valence-corrected chi connectivity index (χ2v) is 4.78. The second kappa shape index (κ2) is 6.61. The summed E-state index contributed by atoms with van der Waals surface area (Å²) in [4.78, 5) is 11.0. The van der Waals surface area contributed by atoms with E-state index in [1.807, 2.05) is 18.4 Å². The first-order chi connectivity index (χ1) is 8.13. The van der Waals surface area contributed by atoms with Gasteiger partial charge in [0.05, 0.1) is 6.54 Å². The summed E-state index contributed by atoms with van der Waals surface area (Å²) >= 11 is 1.23. The van der Waals surface area contributed by atoms with Crippen LogP contribution in [-0.4, -0.2) is 31.1 Å². The minimum absolute atomic E-state index is 0.317. The minimum Gasteiger partial charge on any atom is -0.480 e. The van der Waals surface area contributed by atoms with Gasteiger partial charge >= 0.3 is 5.97 Å². The van der Waals surface area contributed by atoms with E-state index in [0.717, 1.165) is 13.0 Å². The third kappa shape index (κ3) is 3.44. The van der Waals surface area contributed by atoms with E-state index < -0.39 is 11.2 Å². The van der Waals surface area contributed by atoms with Gasteiger partial charge in [0.2, 0.25) is 0 Å². The van der Waals surface area contributed by atoms with Crippen molar-refractivity contribution in [1.29, 1.82) is 0 Å². The number of nitrogens with zero attached hydrogens (tertiary/aromatic N) is 3. The molecule has 1 unspecified atom stereocenters. The molecule has 1 atom stereocenters. The highest BCUT2D eigenvalue weighted by atomic mass is 32.2. The normalized spacial score (nSPS) is 12.6. The molecule has 1 heterocycles. The molecule has 6 nitrogen and oxygen atoms in total. The number of rotatable bonds is 7. The van der Waals surface area contributed by atoms with E-state index in [0.29, 0.717) is 23.9 Å². The van der Waals surface area contributed by atoms with E-state index in [9.17, 15) is 4.79 Å². The molecule has 0 bridgehead atoms. The molecule has 0 saturated carbocycles. The lowest BCUT2D eigenvalue weighted by Crippen LogP contribution is -2.16. The lowest BCUT2D eigenvalue weighted by atomic mass is 10.3. The third-order valence-electron chi connectivity index (χ3n) is 2.32. The molecule has 0 saturated heterocycles. The molecule has 1 rings (SSSR count). The molecular formula is C10H18N4O2S. The maximum Gasteiger partial charge on any atom is 0.317 e. The van der Waals surface area contributed by atoms with Crippen molar-refractivity contribution in [2.24, 2.45) is 5.73 Å². The van der Waals surface area contributed by atoms with Gasteiger partial charge in [0, 0.05) is 6.54 Å². The lowest BCUT2D eigenvalue weighted by molar-refractivity contribution is -0.136. The fourth-order valence-electron chi connectivity index (χ4n) is 1.44. The first-order valence-corrected chi connectivity index (χ1v) is 6.53. The van der Waals surface area contributed by atoms with Gasteiger partial charge in [0.25, 0.3) is 0 Å². The molecule has 0 aliphatic carbocycles. The van der Waals surface area contributed by atoms with E-state index >= 15 is 0 Å². The zero-order valence-electron chi connectivity index (χ0n) is 10.1. The second-order valence-electron chi connectivity index (χ2n) is 3.61. The first kappa shape index (κ1) is 14.0. The largest absolute Gasteiger partial charge is 0.480 e. The van der Waals surface area contributed by atoms with Crippen molar-refractivity contribution in [3.05, 3.63) is 5.82 Å². The molecule has 0 fully saturated rings. The Bertz CT molecular complexity index is 380. The average Bonchev–Trinajstić information content (AvgIpc) is 2.68. The van der Waals surface area contributed by atoms with Crippen molar-refractivity contribution in [2.75, 3.05) is 0 Å². The van der Waals surface area contributed by atoms with E-state index in [4.69, 9.17) is 10.8 Å². The number of hydrogen-bond donors (Lipinski definition) is 2. The van der Waals surface area contributed by atoms with Gasteiger partial charge < -0.3 is 15.4 Å². The Morgan fingerprint density at radius 3 is 2.71 bits per heavy atom. The predicted molar refractivity (Wildman–Crippen MR) is 65.8 cm³/mol. The van der Waals surface area contributed by atoms with Crippen LogP contribution in [0.3, 0.4) is 0 Å². The van der Waals surface area contributed by atoms with Crippen molar-refractivity contribution in [1.82, 2.24) is 14.8 Å². The number of aromatic nitrogens is 3. The molecule has 3 N–H and O–H groups in total. The molecule has 17 heavy (non-hydrogen) atoms. The van der Waals surface area contributed by atoms with Crippen molar-refractivity contribution in [3.63, 3.8) is 0 Å². The maximum atomic E-state index is 11.0. The number of carboxylic acid groups (broad SMARTS) is 1. The fraction of sp³-hybridized carbons (Fsp3) is 0.700. The van der Waals surface area contributed by atoms with E-state index in [-0.39, 0.29) is 0 Å². The van der Waals surface area contributed by atoms with E-state index in [1.165, 1.54) is 11.8 Å². The molecular weight excluding hydrogens is 240 g/mol. The SMILES string of the molecule is CCCn1c(CN)nnc1SC(CC)C(=O)O. The van der Waals surface area contributed by atoms with Crippen molar-refractivity contribution in [2.45, 2.75) is 50.2 Å². The Morgan fingerprint density at radius 2 is 2.24 bits per heavy atom. The van der Waals surface area contributed by atoms with Crippen LogP contribution in [0.1, 0.15) is 32.5 Å². The summed E-state index contributed by atoms with van der Waals surface area (Å²) in [6.45, 7) is 4.97. The Labute approximate surface area is 105 Å². The molecule has 0 aliphatic heterocycles. The number of aliphatic carboxylic acids is 1. The van der Waals surface area contributed by atoms with Gasteiger partial charge in [-0.25, -0.2) is 0 Å². The zero-order valence-corrected chi connectivity index (χ0v) is 10.9. The van der Waals surface area contributed by atoms with Gasteiger partial charge in [0.15, 0.2) is 5.16 Å². The van der Waals surface area contributed by atoms with Gasteiger partial charge in [-0.15, -0.1) is 10.2 Å². The van der Waals surface area contributed by atoms with Crippen LogP contribution in [-0.2, 0) is 17.9 Å². The fourth-order valence-corrected chi connectivity index (χ4v) is 2.37. The summed E-state index contributed by atoms with van der Waals surface area (Å²) in [5.74, 6) is -0.118. The van der Waals surface area contributed by atoms with Crippen LogP contribution >= 0.6 is 11.8 Å². The summed E-state index contributed by atoms with van der Waals surface area (Å²) in [6.07, 6.45) is 1.49. The highest BCUT2D eigenvalue weighted by molar-refractivity contribution is 8.00. The van der Waals surface area contributed by atoms with Gasteiger partial charge in [-0.3, -0.25) is 4.79 Å². The topological polar surface area (TPSA) is 94.0 Å². The van der Waals surface area contributed by atoms with Crippen molar-refractivity contribution in [3.8, 4) is 0 Å². The number of nitrogens with two attached hydrogens (primary N) is 1. The molecule has 7 heteroatoms. The van der Waals surface area contributed by atoms with Gasteiger partial charge in [-0.05, 0) is 12.8 Å². The molecule has 0 amide bonds. The number of carboxylic acids is 1. The van der Waals surface area contributed by atoms with Crippen LogP contribution < -0.4 is 5.73 Å². The predicted octanol–water partition coefficient (Wildman–Crippen LogP) is 1.10. The third-order valence-corrected chi connectivity index (χ3v) is 3.65. The smallest absolute Gasteiger partial charge is 0.317 e. The Morgan fingerprint density at radius 1 is 1.53 bits per heavy atom. The summed E-state index contributed by atoms with van der Waals surface area (Å²) in [5, 5.41) is 17.2. The van der Waals surface area contributed by atoms with Gasteiger partial charge in [-0.1, -0.05) is 25.6 Å². The maximum absolute atomic E-state index is 11.0. The summed E-state index contributed by atoms with van der Waals surface area (Å²) in [5.41, 5.74) is 5.57. The van der Waals surface area contributed by atoms with Crippen LogP contribution in [0.5, 0.6) is 0 Å².